The van der Waals surface area contributed by atoms with Gasteiger partial charge in [0.15, 0.2) is 11.5 Å². The summed E-state index contributed by atoms with van der Waals surface area (Å²) in [5, 5.41) is 10.2. The van der Waals surface area contributed by atoms with Gasteiger partial charge in [0.2, 0.25) is 0 Å². The minimum Gasteiger partial charge on any atom is -0.493 e. The van der Waals surface area contributed by atoms with Crippen LogP contribution in [-0.2, 0) is 6.61 Å². The smallest absolute Gasteiger partial charge is 0.175 e. The molecule has 3 rings (SSSR count). The Hall–Kier alpha value is -2.26. The van der Waals surface area contributed by atoms with Crippen molar-refractivity contribution >= 4 is 55.1 Å². The molecule has 29 heavy (non-hydrogen) atoms. The zero-order valence-electron chi connectivity index (χ0n) is 15.5. The molecule has 0 N–H and O–H groups in total. The lowest BCUT2D eigenvalue weighted by Gasteiger charge is -2.14. The van der Waals surface area contributed by atoms with Gasteiger partial charge in [-0.05, 0) is 75.1 Å². The molecule has 3 aromatic rings. The molecule has 0 aliphatic heterocycles. The van der Waals surface area contributed by atoms with Gasteiger partial charge in [-0.15, -0.1) is 0 Å². The minimum atomic E-state index is 0.408. The molecule has 6 heteroatoms. The van der Waals surface area contributed by atoms with Gasteiger partial charge in [0, 0.05) is 9.50 Å². The summed E-state index contributed by atoms with van der Waals surface area (Å²) in [6.07, 6.45) is 1.80. The zero-order chi connectivity index (χ0) is 20.8. The first-order chi connectivity index (χ1) is 14.0. The predicted molar refractivity (Wildman–Crippen MR) is 124 cm³/mol. The Morgan fingerprint density at radius 1 is 1.07 bits per heavy atom. The van der Waals surface area contributed by atoms with Crippen molar-refractivity contribution in [3.63, 3.8) is 0 Å². The van der Waals surface area contributed by atoms with Crippen molar-refractivity contribution in [2.45, 2.75) is 6.61 Å². The first kappa shape index (κ1) is 21.4. The summed E-state index contributed by atoms with van der Waals surface area (Å²) in [6.45, 7) is 0.408. The second-order valence-electron chi connectivity index (χ2n) is 6.13. The maximum Gasteiger partial charge on any atom is 0.175 e. The minimum absolute atomic E-state index is 0.408. The number of methoxy groups -OCH3 is 1. The molecule has 0 heterocycles. The van der Waals surface area contributed by atoms with Crippen LogP contribution in [0.25, 0.3) is 11.6 Å². The van der Waals surface area contributed by atoms with Crippen LogP contribution >= 0.6 is 43.5 Å². The quantitative estimate of drug-likeness (QED) is 0.243. The van der Waals surface area contributed by atoms with E-state index in [2.05, 4.69) is 37.9 Å². The molecule has 3 nitrogen and oxygen atoms in total. The van der Waals surface area contributed by atoms with Crippen LogP contribution in [0.3, 0.4) is 0 Å². The Balaban J connectivity index is 1.88. The first-order valence-corrected chi connectivity index (χ1v) is 10.6. The van der Waals surface area contributed by atoms with E-state index in [1.54, 1.807) is 25.3 Å². The van der Waals surface area contributed by atoms with Crippen molar-refractivity contribution in [1.82, 2.24) is 0 Å². The third-order valence-corrected chi connectivity index (χ3v) is 5.50. The normalized spacial score (nSPS) is 11.1. The number of allylic oxidation sites excluding steroid dienone is 1. The Morgan fingerprint density at radius 2 is 1.76 bits per heavy atom. The van der Waals surface area contributed by atoms with Crippen molar-refractivity contribution < 1.29 is 9.47 Å². The Kier molecular flexibility index (Phi) is 7.38. The highest BCUT2D eigenvalue weighted by Crippen LogP contribution is 2.38. The molecule has 3 aromatic carbocycles. The second kappa shape index (κ2) is 9.98. The van der Waals surface area contributed by atoms with Crippen molar-refractivity contribution in [2.75, 3.05) is 7.11 Å². The van der Waals surface area contributed by atoms with Crippen molar-refractivity contribution in [1.29, 1.82) is 5.26 Å². The van der Waals surface area contributed by atoms with Crippen LogP contribution in [0, 0.1) is 11.3 Å². The number of nitrogens with zero attached hydrogens (tertiary/aromatic N) is 1. The molecule has 0 saturated carbocycles. The van der Waals surface area contributed by atoms with E-state index in [4.69, 9.17) is 21.1 Å². The van der Waals surface area contributed by atoms with Gasteiger partial charge in [0.1, 0.15) is 6.61 Å². The summed E-state index contributed by atoms with van der Waals surface area (Å²) < 4.78 is 13.3. The average molecular weight is 534 g/mol. The van der Waals surface area contributed by atoms with E-state index in [0.29, 0.717) is 28.7 Å². The van der Waals surface area contributed by atoms with Crippen LogP contribution in [0.1, 0.15) is 16.7 Å². The number of hydrogen-bond donors (Lipinski definition) is 0. The lowest BCUT2D eigenvalue weighted by Crippen LogP contribution is -1.99. The molecular formula is C23H16Br2ClNO2. The van der Waals surface area contributed by atoms with Crippen molar-refractivity contribution in [3.8, 4) is 17.6 Å². The summed E-state index contributed by atoms with van der Waals surface area (Å²) >= 11 is 12.9. The lowest BCUT2D eigenvalue weighted by atomic mass is 10.0. The van der Waals surface area contributed by atoms with Gasteiger partial charge in [-0.25, -0.2) is 0 Å². The number of halogens is 3. The molecule has 0 amide bonds. The monoisotopic (exact) mass is 531 g/mol. The largest absolute Gasteiger partial charge is 0.493 e. The molecule has 0 radical (unpaired) electrons. The highest BCUT2D eigenvalue weighted by molar-refractivity contribution is 9.10. The van der Waals surface area contributed by atoms with E-state index in [9.17, 15) is 5.26 Å². The Labute approximate surface area is 191 Å². The van der Waals surface area contributed by atoms with Crippen LogP contribution in [0.2, 0.25) is 5.02 Å². The van der Waals surface area contributed by atoms with Crippen LogP contribution in [0.15, 0.2) is 69.6 Å². The topological polar surface area (TPSA) is 42.2 Å². The number of benzene rings is 3. The van der Waals surface area contributed by atoms with Gasteiger partial charge >= 0.3 is 0 Å². The zero-order valence-corrected chi connectivity index (χ0v) is 19.4. The van der Waals surface area contributed by atoms with Crippen LogP contribution in [0.4, 0.5) is 0 Å². The molecule has 0 atom stereocenters. The van der Waals surface area contributed by atoms with Crippen LogP contribution in [-0.4, -0.2) is 7.11 Å². The highest BCUT2D eigenvalue weighted by Gasteiger charge is 2.12. The molecular weight excluding hydrogens is 518 g/mol. The first-order valence-electron chi connectivity index (χ1n) is 8.62. The van der Waals surface area contributed by atoms with E-state index in [-0.39, 0.29) is 0 Å². The third-order valence-electron chi connectivity index (χ3n) is 4.13. The predicted octanol–water partition coefficient (Wildman–Crippen LogP) is 7.52. The summed E-state index contributed by atoms with van der Waals surface area (Å²) in [5.41, 5.74) is 3.18. The fourth-order valence-electron chi connectivity index (χ4n) is 2.68. The number of hydrogen-bond acceptors (Lipinski definition) is 3. The van der Waals surface area contributed by atoms with Gasteiger partial charge in [0.05, 0.1) is 23.2 Å². The van der Waals surface area contributed by atoms with E-state index in [0.717, 1.165) is 25.6 Å². The van der Waals surface area contributed by atoms with Gasteiger partial charge in [-0.2, -0.15) is 5.26 Å². The van der Waals surface area contributed by atoms with E-state index in [1.807, 2.05) is 48.5 Å². The summed E-state index contributed by atoms with van der Waals surface area (Å²) in [5.74, 6) is 1.19. The molecule has 0 unspecified atom stereocenters. The molecule has 0 bridgehead atoms. The molecule has 0 aliphatic carbocycles. The fourth-order valence-corrected chi connectivity index (χ4v) is 3.64. The highest BCUT2D eigenvalue weighted by atomic mass is 79.9. The number of rotatable bonds is 6. The van der Waals surface area contributed by atoms with Crippen LogP contribution in [0.5, 0.6) is 11.5 Å². The van der Waals surface area contributed by atoms with E-state index in [1.165, 1.54) is 0 Å². The summed E-state index contributed by atoms with van der Waals surface area (Å²) in [7, 11) is 1.59. The van der Waals surface area contributed by atoms with Crippen molar-refractivity contribution in [3.05, 3.63) is 91.3 Å². The Morgan fingerprint density at radius 3 is 2.38 bits per heavy atom. The Bertz CT molecular complexity index is 1070. The maximum atomic E-state index is 9.57. The second-order valence-corrected chi connectivity index (χ2v) is 8.33. The number of ether oxygens (including phenoxy) is 2. The molecule has 0 spiro atoms. The van der Waals surface area contributed by atoms with Gasteiger partial charge in [0.25, 0.3) is 0 Å². The molecule has 0 aliphatic rings. The molecule has 0 fully saturated rings. The molecule has 0 aromatic heterocycles. The van der Waals surface area contributed by atoms with Crippen molar-refractivity contribution in [2.24, 2.45) is 0 Å². The van der Waals surface area contributed by atoms with E-state index >= 15 is 0 Å². The van der Waals surface area contributed by atoms with Gasteiger partial charge < -0.3 is 9.47 Å². The fraction of sp³-hybridized carbons (Fsp3) is 0.0870. The summed E-state index contributed by atoms with van der Waals surface area (Å²) in [4.78, 5) is 0. The van der Waals surface area contributed by atoms with Crippen LogP contribution < -0.4 is 9.47 Å². The van der Waals surface area contributed by atoms with Gasteiger partial charge in [-0.1, -0.05) is 51.8 Å². The molecule has 0 saturated heterocycles. The molecule has 146 valence electrons. The third kappa shape index (κ3) is 5.63. The number of nitriles is 1. The van der Waals surface area contributed by atoms with Gasteiger partial charge in [-0.3, -0.25) is 0 Å². The standard InChI is InChI=1S/C23H16Br2ClNO2/c1-28-22-12-16(10-18(13-27)17-4-8-20(26)9-5-17)11-21(25)23(22)29-14-15-2-6-19(24)7-3-15/h2-12H,14H2,1H3/b18-10-. The summed E-state index contributed by atoms with van der Waals surface area (Å²) in [6, 6.07) is 21.1. The SMILES string of the molecule is COc1cc(/C=C(/C#N)c2ccc(Cl)cc2)cc(Br)c1OCc1ccc(Br)cc1. The lowest BCUT2D eigenvalue weighted by molar-refractivity contribution is 0.282. The maximum absolute atomic E-state index is 9.57. The van der Waals surface area contributed by atoms with E-state index < -0.39 is 0 Å². The average Bonchev–Trinajstić information content (AvgIpc) is 2.72.